The van der Waals surface area contributed by atoms with Crippen LogP contribution in [0.2, 0.25) is 0 Å². The third kappa shape index (κ3) is 4.59. The van der Waals surface area contributed by atoms with Crippen LogP contribution in [0.25, 0.3) is 0 Å². The van der Waals surface area contributed by atoms with Gasteiger partial charge in [0.15, 0.2) is 23.5 Å². The fourth-order valence-electron chi connectivity index (χ4n) is 9.48. The molecular weight excluding hydrogens is 594 g/mol. The Kier molecular flexibility index (Phi) is 7.44. The number of nitro groups is 1. The third-order valence-corrected chi connectivity index (χ3v) is 12.6. The van der Waals surface area contributed by atoms with Crippen molar-refractivity contribution in [2.75, 3.05) is 6.61 Å². The minimum Gasteiger partial charge on any atom is -0.393 e. The topological polar surface area (TPSA) is 136 Å². The normalized spacial score (nSPS) is 38.1. The van der Waals surface area contributed by atoms with Crippen molar-refractivity contribution < 1.29 is 34.2 Å². The van der Waals surface area contributed by atoms with E-state index in [2.05, 4.69) is 6.92 Å². The fourth-order valence-corrected chi connectivity index (χ4v) is 10.3. The number of carbonyl (C=O) groups excluding carboxylic acids is 2. The van der Waals surface area contributed by atoms with Crippen LogP contribution >= 0.6 is 11.8 Å². The van der Waals surface area contributed by atoms with E-state index in [9.17, 15) is 29.9 Å². The van der Waals surface area contributed by atoms with Gasteiger partial charge in [-0.3, -0.25) is 19.7 Å². The molecule has 4 aliphatic carbocycles. The lowest BCUT2D eigenvalue weighted by Gasteiger charge is -2.59. The number of allylic oxidation sites excluding steroid dienone is 4. The molecule has 2 N–H and O–H groups in total. The summed E-state index contributed by atoms with van der Waals surface area (Å²) in [5, 5.41) is 33.1. The monoisotopic (exact) mass is 631 g/mol. The molecule has 2 aromatic carbocycles. The maximum Gasteiger partial charge on any atom is 0.269 e. The van der Waals surface area contributed by atoms with Gasteiger partial charge >= 0.3 is 0 Å². The molecule has 3 saturated carbocycles. The summed E-state index contributed by atoms with van der Waals surface area (Å²) in [5.41, 5.74) is 0.154. The second-order valence-electron chi connectivity index (χ2n) is 13.6. The highest BCUT2D eigenvalue weighted by molar-refractivity contribution is 7.98. The van der Waals surface area contributed by atoms with Crippen LogP contribution < -0.4 is 0 Å². The molecule has 2 aromatic rings. The minimum absolute atomic E-state index is 0.0131. The van der Waals surface area contributed by atoms with E-state index in [1.165, 1.54) is 6.07 Å². The molecule has 236 valence electrons. The van der Waals surface area contributed by atoms with Gasteiger partial charge in [0.05, 0.1) is 17.1 Å². The first-order chi connectivity index (χ1) is 21.5. The van der Waals surface area contributed by atoms with Gasteiger partial charge in [0.25, 0.3) is 5.69 Å². The molecule has 9 atom stereocenters. The van der Waals surface area contributed by atoms with Crippen LogP contribution in [-0.4, -0.2) is 51.1 Å². The Labute approximate surface area is 265 Å². The van der Waals surface area contributed by atoms with Gasteiger partial charge in [0.2, 0.25) is 0 Å². The molecule has 9 nitrogen and oxygen atoms in total. The largest absolute Gasteiger partial charge is 0.393 e. The molecule has 0 unspecified atom stereocenters. The Morgan fingerprint density at radius 3 is 2.69 bits per heavy atom. The maximum absolute atomic E-state index is 13.7. The number of rotatable bonds is 7. The number of nitro benzene ring substituents is 1. The van der Waals surface area contributed by atoms with Crippen LogP contribution in [0, 0.1) is 38.7 Å². The number of ketones is 2. The molecule has 0 amide bonds. The van der Waals surface area contributed by atoms with Gasteiger partial charge in [-0.15, -0.1) is 11.8 Å². The summed E-state index contributed by atoms with van der Waals surface area (Å²) < 4.78 is 13.2. The lowest BCUT2D eigenvalue weighted by atomic mass is 9.46. The molecule has 0 spiro atoms. The number of ether oxygens (including phenoxy) is 2. The Morgan fingerprint density at radius 2 is 1.96 bits per heavy atom. The highest BCUT2D eigenvalue weighted by Crippen LogP contribution is 2.70. The summed E-state index contributed by atoms with van der Waals surface area (Å²) in [6, 6.07) is 14.3. The van der Waals surface area contributed by atoms with Crippen molar-refractivity contribution in [2.45, 2.75) is 74.3 Å². The smallest absolute Gasteiger partial charge is 0.269 e. The number of nitrogens with zero attached hydrogens (tertiary/aromatic N) is 1. The lowest BCUT2D eigenvalue weighted by molar-refractivity contribution is -0.384. The zero-order valence-electron chi connectivity index (χ0n) is 25.3. The van der Waals surface area contributed by atoms with Gasteiger partial charge in [0, 0.05) is 45.1 Å². The summed E-state index contributed by atoms with van der Waals surface area (Å²) in [7, 11) is 0. The Morgan fingerprint density at radius 1 is 1.18 bits per heavy atom. The standard InChI is InChI=1S/C35H37NO8S/c1-33-13-12-24(38)15-22(33)8-11-26-27-16-30-35(29(40)18-37,34(27,2)17-28(39)31(26)33)44-32(43-30)21-6-9-25(10-7-21)45-19-20-4-3-5-23(14-20)36(41)42/h3-7,9-10,12-15,26-28,30-32,37,39H,8,11,16-19H2,1-2H3/t26-,27-,28-,30+,31+,32+,33-,34-,35+/m0/s1. The van der Waals surface area contributed by atoms with Crippen LogP contribution in [-0.2, 0) is 24.8 Å². The number of hydrogen-bond donors (Lipinski definition) is 2. The second kappa shape index (κ2) is 11.0. The zero-order valence-corrected chi connectivity index (χ0v) is 26.1. The van der Waals surface area contributed by atoms with E-state index in [4.69, 9.17) is 9.47 Å². The summed E-state index contributed by atoms with van der Waals surface area (Å²) in [4.78, 5) is 37.6. The average Bonchev–Trinajstić information content (AvgIpc) is 3.53. The first-order valence-corrected chi connectivity index (χ1v) is 16.5. The zero-order chi connectivity index (χ0) is 31.7. The predicted octanol–water partition coefficient (Wildman–Crippen LogP) is 5.49. The SMILES string of the molecule is C[C@]12C=CC(=O)C=C1CC[C@@H]1[C@@H]2[C@@H](O)C[C@@]2(C)[C@H]1C[C@H]1O[C@@H](c3ccc(SCc4cccc([N+](=O)[O-])c4)cc3)O[C@]12C(=O)CO. The quantitative estimate of drug-likeness (QED) is 0.231. The molecule has 0 aromatic heterocycles. The molecule has 1 heterocycles. The summed E-state index contributed by atoms with van der Waals surface area (Å²) in [5.74, 6) is 0.176. The molecule has 10 heteroatoms. The first kappa shape index (κ1) is 30.5. The van der Waals surface area contributed by atoms with E-state index in [-0.39, 0.29) is 29.2 Å². The van der Waals surface area contributed by atoms with Gasteiger partial charge in [0.1, 0.15) is 6.61 Å². The van der Waals surface area contributed by atoms with Crippen molar-refractivity contribution in [3.8, 4) is 0 Å². The number of non-ortho nitro benzene ring substituents is 1. The molecule has 1 saturated heterocycles. The second-order valence-corrected chi connectivity index (χ2v) is 14.7. The Bertz CT molecular complexity index is 1620. The lowest BCUT2D eigenvalue weighted by Crippen LogP contribution is -2.63. The van der Waals surface area contributed by atoms with Crippen molar-refractivity contribution in [2.24, 2.45) is 28.6 Å². The molecule has 4 fully saturated rings. The molecule has 1 aliphatic heterocycles. The summed E-state index contributed by atoms with van der Waals surface area (Å²) >= 11 is 1.56. The predicted molar refractivity (Wildman–Crippen MR) is 166 cm³/mol. The number of benzene rings is 2. The van der Waals surface area contributed by atoms with Crippen molar-refractivity contribution >= 4 is 29.0 Å². The highest BCUT2D eigenvalue weighted by atomic mass is 32.2. The van der Waals surface area contributed by atoms with Gasteiger partial charge in [-0.05, 0) is 67.4 Å². The maximum atomic E-state index is 13.7. The van der Waals surface area contributed by atoms with Crippen molar-refractivity contribution in [1.29, 1.82) is 0 Å². The minimum atomic E-state index is -1.39. The van der Waals surface area contributed by atoms with Crippen LogP contribution in [0.1, 0.15) is 56.9 Å². The molecular formula is C35H37NO8S. The average molecular weight is 632 g/mol. The Hall–Kier alpha value is -3.15. The van der Waals surface area contributed by atoms with Crippen molar-refractivity contribution in [3.63, 3.8) is 0 Å². The summed E-state index contributed by atoms with van der Waals surface area (Å²) in [6.45, 7) is 3.46. The van der Waals surface area contributed by atoms with E-state index in [0.717, 1.165) is 34.4 Å². The van der Waals surface area contributed by atoms with Crippen molar-refractivity contribution in [1.82, 2.24) is 0 Å². The third-order valence-electron chi connectivity index (χ3n) is 11.5. The van der Waals surface area contributed by atoms with Crippen LogP contribution in [0.15, 0.2) is 77.2 Å². The number of hydrogen-bond acceptors (Lipinski definition) is 9. The van der Waals surface area contributed by atoms with E-state index in [1.54, 1.807) is 36.0 Å². The fraction of sp³-hybridized carbons (Fsp3) is 0.486. The van der Waals surface area contributed by atoms with E-state index >= 15 is 0 Å². The molecule has 7 rings (SSSR count). The molecule has 45 heavy (non-hydrogen) atoms. The summed E-state index contributed by atoms with van der Waals surface area (Å²) in [6.07, 6.45) is 5.68. The molecule has 0 bridgehead atoms. The number of Topliss-reactive ketones (excluding diaryl/α,β-unsaturated/α-hetero) is 1. The van der Waals surface area contributed by atoms with Gasteiger partial charge in [-0.2, -0.15) is 0 Å². The van der Waals surface area contributed by atoms with Gasteiger partial charge in [-0.25, -0.2) is 0 Å². The van der Waals surface area contributed by atoms with Crippen LogP contribution in [0.4, 0.5) is 5.69 Å². The number of fused-ring (bicyclic) bond motifs is 7. The molecule has 0 radical (unpaired) electrons. The molecule has 5 aliphatic rings. The Balaban J connectivity index is 1.12. The first-order valence-electron chi connectivity index (χ1n) is 15.6. The number of aliphatic hydroxyl groups is 2. The highest BCUT2D eigenvalue weighted by Gasteiger charge is 2.75. The van der Waals surface area contributed by atoms with Gasteiger partial charge < -0.3 is 19.7 Å². The van der Waals surface area contributed by atoms with E-state index < -0.39 is 52.2 Å². The van der Waals surface area contributed by atoms with Gasteiger partial charge in [-0.1, -0.05) is 49.8 Å². The number of carbonyl (C=O) groups is 2. The van der Waals surface area contributed by atoms with Crippen LogP contribution in [0.5, 0.6) is 0 Å². The van der Waals surface area contributed by atoms with Crippen molar-refractivity contribution in [3.05, 3.63) is 93.6 Å². The number of aliphatic hydroxyl groups excluding tert-OH is 2. The van der Waals surface area contributed by atoms with Crippen LogP contribution in [0.3, 0.4) is 0 Å². The van der Waals surface area contributed by atoms with E-state index in [1.807, 2.05) is 43.3 Å². The number of thioether (sulfide) groups is 1. The van der Waals surface area contributed by atoms with E-state index in [0.29, 0.717) is 18.6 Å².